The van der Waals surface area contributed by atoms with Gasteiger partial charge in [-0.2, -0.15) is 9.47 Å². The molecule has 2 N–H and O–H groups in total. The smallest absolute Gasteiger partial charge is 0.412 e. The number of ether oxygens (including phenoxy) is 1. The number of nitrogens with zero attached hydrogens (tertiary/aromatic N) is 3. The minimum absolute atomic E-state index is 0.193. The Morgan fingerprint density at radius 2 is 2.14 bits per heavy atom. The Bertz CT molecular complexity index is 925. The van der Waals surface area contributed by atoms with Gasteiger partial charge in [-0.15, -0.1) is 0 Å². The fraction of sp³-hybridized carbons (Fsp3) is 0.400. The van der Waals surface area contributed by atoms with E-state index in [0.717, 1.165) is 42.3 Å². The lowest BCUT2D eigenvalue weighted by molar-refractivity contribution is -0.119. The van der Waals surface area contributed by atoms with E-state index in [0.29, 0.717) is 16.3 Å². The highest BCUT2D eigenvalue weighted by molar-refractivity contribution is 7.11. The lowest BCUT2D eigenvalue weighted by Crippen LogP contribution is -2.38. The van der Waals surface area contributed by atoms with Gasteiger partial charge < -0.3 is 9.64 Å². The second-order valence-electron chi connectivity index (χ2n) is 6.70. The van der Waals surface area contributed by atoms with Crippen LogP contribution < -0.4 is 15.6 Å². The lowest BCUT2D eigenvalue weighted by Gasteiger charge is -2.30. The van der Waals surface area contributed by atoms with Gasteiger partial charge >= 0.3 is 6.09 Å². The van der Waals surface area contributed by atoms with Crippen LogP contribution in [-0.2, 0) is 16.0 Å². The van der Waals surface area contributed by atoms with Crippen LogP contribution in [0.3, 0.4) is 0 Å². The van der Waals surface area contributed by atoms with E-state index in [1.165, 1.54) is 5.56 Å². The van der Waals surface area contributed by atoms with Gasteiger partial charge in [0, 0.05) is 12.2 Å². The molecule has 9 heteroatoms. The van der Waals surface area contributed by atoms with Crippen LogP contribution in [0, 0.1) is 6.92 Å². The largest absolute Gasteiger partial charge is 0.450 e. The predicted molar refractivity (Wildman–Crippen MR) is 115 cm³/mol. The number of hydrazone groups is 1. The number of amides is 2. The van der Waals surface area contributed by atoms with Gasteiger partial charge in [0.2, 0.25) is 0 Å². The average molecular weight is 416 g/mol. The van der Waals surface area contributed by atoms with Gasteiger partial charge in [-0.25, -0.2) is 10.2 Å². The summed E-state index contributed by atoms with van der Waals surface area (Å²) in [6, 6.07) is 8.16. The van der Waals surface area contributed by atoms with Crippen LogP contribution in [0.5, 0.6) is 0 Å². The molecule has 0 radical (unpaired) electrons. The zero-order valence-electron chi connectivity index (χ0n) is 16.8. The summed E-state index contributed by atoms with van der Waals surface area (Å²) in [5, 5.41) is 7.44. The molecule has 0 spiro atoms. The number of carbonyl (C=O) groups excluding carboxylic acids is 2. The van der Waals surface area contributed by atoms with E-state index < -0.39 is 6.09 Å². The maximum absolute atomic E-state index is 12.5. The SMILES string of the molecule is CCOC(=O)Nc1snc(C)c1/C(C)=N/NC(=O)CN1CCCc2ccccc21. The van der Waals surface area contributed by atoms with Crippen molar-refractivity contribution in [2.75, 3.05) is 29.9 Å². The van der Waals surface area contributed by atoms with Gasteiger partial charge in [-0.1, -0.05) is 18.2 Å². The summed E-state index contributed by atoms with van der Waals surface area (Å²) >= 11 is 1.15. The molecule has 2 amide bonds. The predicted octanol–water partition coefficient (Wildman–Crippen LogP) is 3.31. The van der Waals surface area contributed by atoms with Gasteiger partial charge in [0.25, 0.3) is 5.91 Å². The molecule has 1 aliphatic heterocycles. The maximum atomic E-state index is 12.5. The van der Waals surface area contributed by atoms with Crippen LogP contribution in [0.4, 0.5) is 15.5 Å². The first-order valence-corrected chi connectivity index (χ1v) is 10.3. The van der Waals surface area contributed by atoms with E-state index in [9.17, 15) is 9.59 Å². The standard InChI is InChI=1S/C20H25N5O3S/c1-4-28-20(27)21-19-18(14(3)24-29-19)13(2)22-23-17(26)12-25-11-7-9-15-8-5-6-10-16(15)25/h5-6,8,10H,4,7,9,11-12H2,1-3H3,(H,21,27)(H,23,26)/b22-13+. The molecule has 0 aliphatic carbocycles. The van der Waals surface area contributed by atoms with E-state index in [1.54, 1.807) is 13.8 Å². The van der Waals surface area contributed by atoms with E-state index in [4.69, 9.17) is 4.74 Å². The number of anilines is 2. The number of rotatable bonds is 6. The molecular formula is C20H25N5O3S. The fourth-order valence-corrected chi connectivity index (χ4v) is 4.16. The third kappa shape index (κ3) is 5.11. The molecule has 0 unspecified atom stereocenters. The number of fused-ring (bicyclic) bond motifs is 1. The second kappa shape index (κ2) is 9.51. The van der Waals surface area contributed by atoms with Crippen molar-refractivity contribution in [3.05, 3.63) is 41.1 Å². The zero-order chi connectivity index (χ0) is 20.8. The summed E-state index contributed by atoms with van der Waals surface area (Å²) in [4.78, 5) is 26.3. The first-order valence-electron chi connectivity index (χ1n) is 9.56. The number of hydrogen-bond donors (Lipinski definition) is 2. The van der Waals surface area contributed by atoms with Crippen molar-refractivity contribution in [1.82, 2.24) is 9.80 Å². The molecule has 1 aliphatic rings. The van der Waals surface area contributed by atoms with Crippen molar-refractivity contribution in [3.63, 3.8) is 0 Å². The summed E-state index contributed by atoms with van der Waals surface area (Å²) in [7, 11) is 0. The van der Waals surface area contributed by atoms with Crippen molar-refractivity contribution >= 4 is 39.9 Å². The highest BCUT2D eigenvalue weighted by atomic mass is 32.1. The summed E-state index contributed by atoms with van der Waals surface area (Å²) in [5.74, 6) is -0.193. The van der Waals surface area contributed by atoms with Crippen molar-refractivity contribution in [1.29, 1.82) is 0 Å². The maximum Gasteiger partial charge on any atom is 0.412 e. The first kappa shape index (κ1) is 20.8. The number of para-hydroxylation sites is 1. The minimum Gasteiger partial charge on any atom is -0.450 e. The summed E-state index contributed by atoms with van der Waals surface area (Å²) in [6.07, 6.45) is 1.51. The summed E-state index contributed by atoms with van der Waals surface area (Å²) < 4.78 is 9.18. The molecule has 154 valence electrons. The Labute approximate surface area is 174 Å². The molecule has 8 nitrogen and oxygen atoms in total. The quantitative estimate of drug-likeness (QED) is 0.557. The van der Waals surface area contributed by atoms with E-state index in [2.05, 4.69) is 31.2 Å². The molecule has 0 fully saturated rings. The van der Waals surface area contributed by atoms with Crippen LogP contribution in [0.15, 0.2) is 29.4 Å². The van der Waals surface area contributed by atoms with Gasteiger partial charge in [0.05, 0.1) is 30.1 Å². The second-order valence-corrected chi connectivity index (χ2v) is 7.48. The molecule has 0 saturated heterocycles. The van der Waals surface area contributed by atoms with Crippen molar-refractivity contribution in [2.45, 2.75) is 33.6 Å². The Hall–Kier alpha value is -2.94. The van der Waals surface area contributed by atoms with Gasteiger partial charge in [0.15, 0.2) is 0 Å². The lowest BCUT2D eigenvalue weighted by atomic mass is 10.0. The Morgan fingerprint density at radius 1 is 1.34 bits per heavy atom. The van der Waals surface area contributed by atoms with Crippen molar-refractivity contribution < 1.29 is 14.3 Å². The number of benzene rings is 1. The van der Waals surface area contributed by atoms with Crippen LogP contribution >= 0.6 is 11.5 Å². The normalized spacial score (nSPS) is 13.6. The van der Waals surface area contributed by atoms with Gasteiger partial charge in [-0.05, 0) is 56.8 Å². The van der Waals surface area contributed by atoms with Crippen molar-refractivity contribution in [3.8, 4) is 0 Å². The summed E-state index contributed by atoms with van der Waals surface area (Å²) in [5.41, 5.74) is 6.97. The number of aromatic nitrogens is 1. The molecule has 1 aromatic carbocycles. The minimum atomic E-state index is -0.544. The van der Waals surface area contributed by atoms with Crippen LogP contribution in [0.1, 0.15) is 37.1 Å². The summed E-state index contributed by atoms with van der Waals surface area (Å²) in [6.45, 7) is 6.69. The molecular weight excluding hydrogens is 390 g/mol. The molecule has 0 atom stereocenters. The van der Waals surface area contributed by atoms with Crippen molar-refractivity contribution in [2.24, 2.45) is 5.10 Å². The highest BCUT2D eigenvalue weighted by Gasteiger charge is 2.19. The van der Waals surface area contributed by atoms with Crippen LogP contribution in [0.25, 0.3) is 0 Å². The van der Waals surface area contributed by atoms with Crippen LogP contribution in [0.2, 0.25) is 0 Å². The third-order valence-electron chi connectivity index (χ3n) is 4.60. The Morgan fingerprint density at radius 3 is 2.93 bits per heavy atom. The Balaban J connectivity index is 1.65. The van der Waals surface area contributed by atoms with Gasteiger partial charge in [0.1, 0.15) is 5.00 Å². The number of aryl methyl sites for hydroxylation is 2. The highest BCUT2D eigenvalue weighted by Crippen LogP contribution is 2.27. The monoisotopic (exact) mass is 415 g/mol. The molecule has 3 rings (SSSR count). The molecule has 29 heavy (non-hydrogen) atoms. The number of carbonyl (C=O) groups is 2. The number of hydrogen-bond acceptors (Lipinski definition) is 7. The third-order valence-corrected chi connectivity index (χ3v) is 5.46. The Kier molecular flexibility index (Phi) is 6.82. The zero-order valence-corrected chi connectivity index (χ0v) is 17.6. The molecule has 1 aromatic heterocycles. The fourth-order valence-electron chi connectivity index (χ4n) is 3.33. The van der Waals surface area contributed by atoms with E-state index in [1.807, 2.05) is 25.1 Å². The van der Waals surface area contributed by atoms with E-state index >= 15 is 0 Å². The number of nitrogens with one attached hydrogen (secondary N) is 2. The first-order chi connectivity index (χ1) is 14.0. The molecule has 2 heterocycles. The van der Waals surface area contributed by atoms with E-state index in [-0.39, 0.29) is 19.1 Å². The topological polar surface area (TPSA) is 95.9 Å². The average Bonchev–Trinajstić information content (AvgIpc) is 3.06. The van der Waals surface area contributed by atoms with Gasteiger partial charge in [-0.3, -0.25) is 10.1 Å². The molecule has 2 aromatic rings. The molecule has 0 bridgehead atoms. The molecule has 0 saturated carbocycles. The van der Waals surface area contributed by atoms with Crippen LogP contribution in [-0.4, -0.2) is 41.8 Å².